The first kappa shape index (κ1) is 22.0. The summed E-state index contributed by atoms with van der Waals surface area (Å²) in [6, 6.07) is 19.5. The molecule has 0 bridgehead atoms. The molecule has 0 saturated heterocycles. The first-order valence-electron chi connectivity index (χ1n) is 9.76. The van der Waals surface area contributed by atoms with Crippen LogP contribution in [-0.4, -0.2) is 34.6 Å². The SMILES string of the molecule is CC[C@@H](C)NC(=O)[C@H](C)N(Cc1ccccc1)C(=O)CSCc1ccccc1. The molecule has 0 aromatic heterocycles. The Kier molecular flexibility index (Phi) is 9.08. The fourth-order valence-electron chi connectivity index (χ4n) is 2.74. The van der Waals surface area contributed by atoms with E-state index >= 15 is 0 Å². The molecule has 2 aromatic rings. The van der Waals surface area contributed by atoms with Crippen LogP contribution in [0.15, 0.2) is 60.7 Å². The molecule has 0 fully saturated rings. The summed E-state index contributed by atoms with van der Waals surface area (Å²) in [5.74, 6) is 1.00. The van der Waals surface area contributed by atoms with E-state index in [1.54, 1.807) is 23.6 Å². The number of thioether (sulfide) groups is 1. The molecule has 2 amide bonds. The van der Waals surface area contributed by atoms with Gasteiger partial charge >= 0.3 is 0 Å². The van der Waals surface area contributed by atoms with Gasteiger partial charge in [-0.2, -0.15) is 0 Å². The molecule has 2 rings (SSSR count). The Hall–Kier alpha value is -2.27. The Bertz CT molecular complexity index is 737. The standard InChI is InChI=1S/C23H30N2O2S/c1-4-18(2)24-23(27)19(3)25(15-20-11-7-5-8-12-20)22(26)17-28-16-21-13-9-6-10-14-21/h5-14,18-19H,4,15-17H2,1-3H3,(H,24,27)/t18-,19+/m1/s1. The van der Waals surface area contributed by atoms with Crippen molar-refractivity contribution in [2.45, 2.75) is 51.6 Å². The van der Waals surface area contributed by atoms with Crippen molar-refractivity contribution < 1.29 is 9.59 Å². The molecule has 0 aliphatic rings. The predicted octanol–water partition coefficient (Wildman–Crippen LogP) is 4.25. The Morgan fingerprint density at radius 1 is 0.964 bits per heavy atom. The number of hydrogen-bond donors (Lipinski definition) is 1. The van der Waals surface area contributed by atoms with Gasteiger partial charge < -0.3 is 10.2 Å². The Morgan fingerprint density at radius 2 is 1.54 bits per heavy atom. The number of amides is 2. The topological polar surface area (TPSA) is 49.4 Å². The minimum Gasteiger partial charge on any atom is -0.352 e. The zero-order valence-corrected chi connectivity index (χ0v) is 17.7. The summed E-state index contributed by atoms with van der Waals surface area (Å²) in [6.45, 7) is 6.24. The van der Waals surface area contributed by atoms with E-state index in [1.807, 2.05) is 62.4 Å². The third kappa shape index (κ3) is 7.04. The monoisotopic (exact) mass is 398 g/mol. The van der Waals surface area contributed by atoms with Crippen molar-refractivity contribution in [3.63, 3.8) is 0 Å². The van der Waals surface area contributed by atoms with Gasteiger partial charge in [0, 0.05) is 18.3 Å². The van der Waals surface area contributed by atoms with Crippen molar-refractivity contribution in [2.24, 2.45) is 0 Å². The maximum Gasteiger partial charge on any atom is 0.242 e. The zero-order valence-electron chi connectivity index (χ0n) is 16.9. The summed E-state index contributed by atoms with van der Waals surface area (Å²) in [5.41, 5.74) is 2.21. The first-order valence-corrected chi connectivity index (χ1v) is 10.9. The summed E-state index contributed by atoms with van der Waals surface area (Å²) >= 11 is 1.58. The van der Waals surface area contributed by atoms with Crippen molar-refractivity contribution in [3.8, 4) is 0 Å². The fourth-order valence-corrected chi connectivity index (χ4v) is 3.61. The summed E-state index contributed by atoms with van der Waals surface area (Å²) in [5, 5.41) is 2.99. The highest BCUT2D eigenvalue weighted by Crippen LogP contribution is 2.16. The average Bonchev–Trinajstić information content (AvgIpc) is 2.72. The zero-order chi connectivity index (χ0) is 20.4. The van der Waals surface area contributed by atoms with Gasteiger partial charge in [0.25, 0.3) is 0 Å². The molecule has 0 heterocycles. The predicted molar refractivity (Wildman–Crippen MR) is 117 cm³/mol. The van der Waals surface area contributed by atoms with E-state index in [0.717, 1.165) is 17.7 Å². The molecule has 28 heavy (non-hydrogen) atoms. The molecule has 2 aromatic carbocycles. The van der Waals surface area contributed by atoms with Crippen LogP contribution in [0.25, 0.3) is 0 Å². The van der Waals surface area contributed by atoms with E-state index in [0.29, 0.717) is 12.3 Å². The van der Waals surface area contributed by atoms with Crippen LogP contribution in [-0.2, 0) is 21.9 Å². The number of nitrogens with zero attached hydrogens (tertiary/aromatic N) is 1. The van der Waals surface area contributed by atoms with Gasteiger partial charge in [0.15, 0.2) is 0 Å². The minimum absolute atomic E-state index is 0.0171. The highest BCUT2D eigenvalue weighted by Gasteiger charge is 2.26. The number of hydrogen-bond acceptors (Lipinski definition) is 3. The lowest BCUT2D eigenvalue weighted by Crippen LogP contribution is -2.50. The number of rotatable bonds is 10. The van der Waals surface area contributed by atoms with E-state index < -0.39 is 6.04 Å². The minimum atomic E-state index is -0.515. The van der Waals surface area contributed by atoms with Crippen LogP contribution < -0.4 is 5.32 Å². The quantitative estimate of drug-likeness (QED) is 0.651. The molecule has 0 unspecified atom stereocenters. The number of carbonyl (C=O) groups excluding carboxylic acids is 2. The number of benzene rings is 2. The van der Waals surface area contributed by atoms with Crippen molar-refractivity contribution in [1.82, 2.24) is 10.2 Å². The van der Waals surface area contributed by atoms with Gasteiger partial charge in [-0.1, -0.05) is 67.6 Å². The third-order valence-corrected chi connectivity index (χ3v) is 5.69. The lowest BCUT2D eigenvalue weighted by atomic mass is 10.1. The Labute approximate surface area is 172 Å². The molecule has 0 radical (unpaired) electrons. The molecule has 0 aliphatic carbocycles. The van der Waals surface area contributed by atoms with Gasteiger partial charge in [-0.15, -0.1) is 11.8 Å². The fraction of sp³-hybridized carbons (Fsp3) is 0.391. The molecule has 0 spiro atoms. The van der Waals surface area contributed by atoms with Crippen LogP contribution in [0.4, 0.5) is 0 Å². The van der Waals surface area contributed by atoms with E-state index in [4.69, 9.17) is 0 Å². The van der Waals surface area contributed by atoms with Crippen LogP contribution in [0.2, 0.25) is 0 Å². The van der Waals surface area contributed by atoms with Gasteiger partial charge in [-0.3, -0.25) is 9.59 Å². The second-order valence-corrected chi connectivity index (χ2v) is 7.97. The van der Waals surface area contributed by atoms with E-state index in [2.05, 4.69) is 17.4 Å². The molecular weight excluding hydrogens is 368 g/mol. The summed E-state index contributed by atoms with van der Waals surface area (Å²) in [7, 11) is 0. The molecule has 4 nitrogen and oxygen atoms in total. The van der Waals surface area contributed by atoms with Crippen molar-refractivity contribution in [1.29, 1.82) is 0 Å². The largest absolute Gasteiger partial charge is 0.352 e. The number of nitrogens with one attached hydrogen (secondary N) is 1. The second kappa shape index (κ2) is 11.5. The lowest BCUT2D eigenvalue weighted by Gasteiger charge is -2.29. The summed E-state index contributed by atoms with van der Waals surface area (Å²) in [4.78, 5) is 27.3. The highest BCUT2D eigenvalue weighted by molar-refractivity contribution is 7.99. The molecule has 1 N–H and O–H groups in total. The molecule has 0 saturated carbocycles. The van der Waals surface area contributed by atoms with Crippen LogP contribution in [0.3, 0.4) is 0 Å². The van der Waals surface area contributed by atoms with Crippen LogP contribution in [0.5, 0.6) is 0 Å². The molecule has 0 aliphatic heterocycles. The molecule has 150 valence electrons. The van der Waals surface area contributed by atoms with Crippen molar-refractivity contribution in [2.75, 3.05) is 5.75 Å². The van der Waals surface area contributed by atoms with Crippen molar-refractivity contribution in [3.05, 3.63) is 71.8 Å². The number of carbonyl (C=O) groups is 2. The van der Waals surface area contributed by atoms with Crippen LogP contribution >= 0.6 is 11.8 Å². The maximum atomic E-state index is 13.0. The Morgan fingerprint density at radius 3 is 2.11 bits per heavy atom. The van der Waals surface area contributed by atoms with E-state index in [9.17, 15) is 9.59 Å². The summed E-state index contributed by atoms with van der Waals surface area (Å²) < 4.78 is 0. The molecule has 5 heteroatoms. The van der Waals surface area contributed by atoms with Gasteiger partial charge in [-0.25, -0.2) is 0 Å². The molecular formula is C23H30N2O2S. The van der Waals surface area contributed by atoms with Gasteiger partial charge in [-0.05, 0) is 31.4 Å². The second-order valence-electron chi connectivity index (χ2n) is 6.98. The highest BCUT2D eigenvalue weighted by atomic mass is 32.2. The van der Waals surface area contributed by atoms with Gasteiger partial charge in [0.05, 0.1) is 5.75 Å². The summed E-state index contributed by atoms with van der Waals surface area (Å²) in [6.07, 6.45) is 0.859. The van der Waals surface area contributed by atoms with Crippen LogP contribution in [0.1, 0.15) is 38.3 Å². The van der Waals surface area contributed by atoms with Gasteiger partial charge in [0.2, 0.25) is 11.8 Å². The van der Waals surface area contributed by atoms with Crippen LogP contribution in [0, 0.1) is 0 Å². The lowest BCUT2D eigenvalue weighted by molar-refractivity contribution is -0.138. The maximum absolute atomic E-state index is 13.0. The average molecular weight is 399 g/mol. The molecule has 2 atom stereocenters. The first-order chi connectivity index (χ1) is 13.5. The van der Waals surface area contributed by atoms with E-state index in [1.165, 1.54) is 5.56 Å². The third-order valence-electron chi connectivity index (χ3n) is 4.70. The van der Waals surface area contributed by atoms with Crippen molar-refractivity contribution >= 4 is 23.6 Å². The van der Waals surface area contributed by atoms with Gasteiger partial charge in [0.1, 0.15) is 6.04 Å². The normalized spacial score (nSPS) is 12.8. The van der Waals surface area contributed by atoms with E-state index in [-0.39, 0.29) is 17.9 Å². The Balaban J connectivity index is 2.03. The smallest absolute Gasteiger partial charge is 0.242 e.